The number of hydrogen-bond donors (Lipinski definition) is 1. The SMILES string of the molecule is CCCCCCCCCCCC[n+]1c2cccc(OC)c2c2c3c(cccc31)N(c1cc(C(F)(F)F)ccc1O)c1cccc(OC)c1-2. The third kappa shape index (κ3) is 6.25. The third-order valence-corrected chi connectivity index (χ3v) is 9.56. The molecule has 0 amide bonds. The number of fused-ring (bicyclic) bond motifs is 4. The van der Waals surface area contributed by atoms with Crippen LogP contribution in [-0.4, -0.2) is 19.3 Å². The van der Waals surface area contributed by atoms with Crippen molar-refractivity contribution in [1.82, 2.24) is 0 Å². The van der Waals surface area contributed by atoms with Gasteiger partial charge < -0.3 is 19.5 Å². The topological polar surface area (TPSA) is 45.8 Å². The van der Waals surface area contributed by atoms with Gasteiger partial charge in [-0.3, -0.25) is 0 Å². The zero-order valence-corrected chi connectivity index (χ0v) is 28.0. The van der Waals surface area contributed by atoms with E-state index in [2.05, 4.69) is 23.6 Å². The van der Waals surface area contributed by atoms with Crippen LogP contribution in [0.1, 0.15) is 76.7 Å². The smallest absolute Gasteiger partial charge is 0.416 e. The molecule has 0 aliphatic carbocycles. The number of unbranched alkanes of at least 4 members (excludes halogenated alkanes) is 9. The Morgan fingerprint density at radius 2 is 1.23 bits per heavy atom. The molecular weight excluding hydrogens is 613 g/mol. The molecule has 0 atom stereocenters. The van der Waals surface area contributed by atoms with Crippen molar-refractivity contribution in [3.63, 3.8) is 0 Å². The van der Waals surface area contributed by atoms with Crippen molar-refractivity contribution in [3.05, 3.63) is 78.4 Å². The molecule has 0 saturated heterocycles. The first-order valence-corrected chi connectivity index (χ1v) is 17.1. The van der Waals surface area contributed by atoms with Gasteiger partial charge in [0.1, 0.15) is 23.8 Å². The summed E-state index contributed by atoms with van der Waals surface area (Å²) in [6.07, 6.45) is 7.75. The highest BCUT2D eigenvalue weighted by atomic mass is 19.4. The van der Waals surface area contributed by atoms with Gasteiger partial charge in [0.15, 0.2) is 0 Å². The summed E-state index contributed by atoms with van der Waals surface area (Å²) in [5, 5.41) is 12.9. The average molecular weight is 658 g/mol. The Morgan fingerprint density at radius 1 is 0.646 bits per heavy atom. The quantitative estimate of drug-likeness (QED) is 0.0719. The van der Waals surface area contributed by atoms with Gasteiger partial charge in [-0.05, 0) is 48.9 Å². The predicted octanol–water partition coefficient (Wildman–Crippen LogP) is 11.4. The van der Waals surface area contributed by atoms with E-state index in [1.807, 2.05) is 42.5 Å². The molecule has 5 aromatic rings. The van der Waals surface area contributed by atoms with Crippen LogP contribution in [0.5, 0.6) is 17.2 Å². The maximum absolute atomic E-state index is 14.0. The van der Waals surface area contributed by atoms with Gasteiger partial charge in [0.25, 0.3) is 0 Å². The van der Waals surface area contributed by atoms with Crippen molar-refractivity contribution in [2.24, 2.45) is 0 Å². The van der Waals surface area contributed by atoms with Gasteiger partial charge in [0.2, 0.25) is 11.0 Å². The fourth-order valence-electron chi connectivity index (χ4n) is 7.26. The molecule has 0 radical (unpaired) electrons. The molecule has 48 heavy (non-hydrogen) atoms. The van der Waals surface area contributed by atoms with E-state index in [9.17, 15) is 18.3 Å². The lowest BCUT2D eigenvalue weighted by Crippen LogP contribution is -2.36. The minimum absolute atomic E-state index is 0.0406. The minimum Gasteiger partial charge on any atom is -0.506 e. The first-order chi connectivity index (χ1) is 23.3. The molecule has 5 nitrogen and oxygen atoms in total. The van der Waals surface area contributed by atoms with Gasteiger partial charge in [-0.1, -0.05) is 76.5 Å². The second kappa shape index (κ2) is 14.3. The lowest BCUT2D eigenvalue weighted by Gasteiger charge is -2.34. The van der Waals surface area contributed by atoms with Crippen molar-refractivity contribution < 1.29 is 32.3 Å². The average Bonchev–Trinajstić information content (AvgIpc) is 3.09. The third-order valence-electron chi connectivity index (χ3n) is 9.56. The molecule has 4 aromatic carbocycles. The van der Waals surface area contributed by atoms with E-state index >= 15 is 0 Å². The standard InChI is InChI=1S/C40H43F3N2O3/c1-4-5-6-7-8-9-10-11-12-13-25-44-28-17-14-19-30-36(28)39(37-29(44)18-15-21-34(37)47-2)38-31(20-16-22-35(38)48-3)45(30)32-26-27(40(41,42)43)23-24-33(32)46/h14-24,26H,4-13,25H2,1-3H3/p+1. The van der Waals surface area contributed by atoms with E-state index in [0.717, 1.165) is 70.5 Å². The Labute approximate surface area is 280 Å². The molecule has 2 heterocycles. The first-order valence-electron chi connectivity index (χ1n) is 17.1. The van der Waals surface area contributed by atoms with E-state index in [0.29, 0.717) is 22.9 Å². The van der Waals surface area contributed by atoms with Crippen LogP contribution >= 0.6 is 0 Å². The minimum atomic E-state index is -4.58. The highest BCUT2D eigenvalue weighted by Gasteiger charge is 2.37. The van der Waals surface area contributed by atoms with E-state index in [1.54, 1.807) is 19.1 Å². The molecule has 252 valence electrons. The Bertz CT molecular complexity index is 1920. The lowest BCUT2D eigenvalue weighted by molar-refractivity contribution is -0.645. The Balaban J connectivity index is 1.51. The number of phenolic OH excluding ortho intramolecular Hbond substituents is 1. The second-order valence-electron chi connectivity index (χ2n) is 12.6. The summed E-state index contributed by atoms with van der Waals surface area (Å²) in [7, 11) is 3.25. The highest BCUT2D eigenvalue weighted by molar-refractivity contribution is 6.21. The number of pyridine rings is 1. The van der Waals surface area contributed by atoms with Crippen LogP contribution in [0.25, 0.3) is 32.9 Å². The maximum atomic E-state index is 14.0. The number of phenols is 1. The largest absolute Gasteiger partial charge is 0.506 e. The van der Waals surface area contributed by atoms with Crippen molar-refractivity contribution in [1.29, 1.82) is 0 Å². The van der Waals surface area contributed by atoms with Gasteiger partial charge in [-0.2, -0.15) is 17.7 Å². The van der Waals surface area contributed by atoms with Crippen molar-refractivity contribution >= 4 is 38.9 Å². The number of ether oxygens (including phenoxy) is 2. The number of halogens is 3. The van der Waals surface area contributed by atoms with Crippen molar-refractivity contribution in [2.75, 3.05) is 19.1 Å². The van der Waals surface area contributed by atoms with Gasteiger partial charge in [-0.15, -0.1) is 0 Å². The summed E-state index contributed by atoms with van der Waals surface area (Å²) in [4.78, 5) is 1.73. The molecule has 0 spiro atoms. The van der Waals surface area contributed by atoms with E-state index in [4.69, 9.17) is 9.47 Å². The number of rotatable bonds is 14. The number of alkyl halides is 3. The number of aromatic nitrogens is 1. The summed E-state index contributed by atoms with van der Waals surface area (Å²) in [6.45, 7) is 3.02. The van der Waals surface area contributed by atoms with Crippen LogP contribution < -0.4 is 18.9 Å². The fraction of sp³-hybridized carbons (Fsp3) is 0.375. The van der Waals surface area contributed by atoms with Crippen LogP contribution in [0.3, 0.4) is 0 Å². The number of hydrogen-bond acceptors (Lipinski definition) is 4. The Kier molecular flexibility index (Phi) is 9.99. The van der Waals surface area contributed by atoms with E-state index in [-0.39, 0.29) is 11.4 Å². The Morgan fingerprint density at radius 3 is 1.90 bits per heavy atom. The molecule has 1 N–H and O–H groups in total. The Hall–Kier alpha value is -4.46. The molecular formula is C40H44F3N2O3+. The number of nitrogens with zero attached hydrogens (tertiary/aromatic N) is 2. The first kappa shape index (κ1) is 33.4. The molecule has 1 aliphatic heterocycles. The lowest BCUT2D eigenvalue weighted by atomic mass is 9.88. The molecule has 1 aromatic heterocycles. The summed E-state index contributed by atoms with van der Waals surface area (Å²) in [5.74, 6) is 1.01. The van der Waals surface area contributed by atoms with Crippen LogP contribution in [0.4, 0.5) is 30.2 Å². The number of aryl methyl sites for hydroxylation is 1. The zero-order valence-electron chi connectivity index (χ0n) is 28.0. The monoisotopic (exact) mass is 657 g/mol. The number of methoxy groups -OCH3 is 2. The highest BCUT2D eigenvalue weighted by Crippen LogP contribution is 2.57. The summed E-state index contributed by atoms with van der Waals surface area (Å²) >= 11 is 0. The zero-order chi connectivity index (χ0) is 33.8. The predicted molar refractivity (Wildman–Crippen MR) is 187 cm³/mol. The number of benzene rings is 4. The molecule has 1 aliphatic rings. The summed E-state index contributed by atoms with van der Waals surface area (Å²) < 4.78 is 56.2. The van der Waals surface area contributed by atoms with Crippen LogP contribution in [0.2, 0.25) is 0 Å². The van der Waals surface area contributed by atoms with Crippen LogP contribution in [0.15, 0.2) is 72.8 Å². The molecule has 0 saturated carbocycles. The fourth-order valence-corrected chi connectivity index (χ4v) is 7.26. The van der Waals surface area contributed by atoms with Crippen molar-refractivity contribution in [2.45, 2.75) is 83.9 Å². The van der Waals surface area contributed by atoms with E-state index in [1.165, 1.54) is 51.4 Å². The molecule has 0 bridgehead atoms. The van der Waals surface area contributed by atoms with Crippen LogP contribution in [0, 0.1) is 0 Å². The van der Waals surface area contributed by atoms with Gasteiger partial charge in [0.05, 0.1) is 47.6 Å². The number of anilines is 3. The summed E-state index contributed by atoms with van der Waals surface area (Å²) in [6, 6.07) is 20.5. The van der Waals surface area contributed by atoms with Crippen LogP contribution in [-0.2, 0) is 12.7 Å². The summed E-state index contributed by atoms with van der Waals surface area (Å²) in [5.41, 5.74) is 4.05. The van der Waals surface area contributed by atoms with Gasteiger partial charge >= 0.3 is 6.18 Å². The van der Waals surface area contributed by atoms with Crippen molar-refractivity contribution in [3.8, 4) is 28.4 Å². The molecule has 8 heteroatoms. The van der Waals surface area contributed by atoms with Gasteiger partial charge in [0, 0.05) is 29.7 Å². The normalized spacial score (nSPS) is 12.5. The second-order valence-corrected chi connectivity index (χ2v) is 12.6. The molecule has 0 unspecified atom stereocenters. The number of aromatic hydroxyl groups is 1. The van der Waals surface area contributed by atoms with Gasteiger partial charge in [-0.25, -0.2) is 0 Å². The van der Waals surface area contributed by atoms with E-state index < -0.39 is 11.7 Å². The maximum Gasteiger partial charge on any atom is 0.416 e. The molecule has 6 rings (SSSR count). The molecule has 0 fully saturated rings.